The summed E-state index contributed by atoms with van der Waals surface area (Å²) in [5, 5.41) is 0. The van der Waals surface area contributed by atoms with Gasteiger partial charge < -0.3 is 19.4 Å². The van der Waals surface area contributed by atoms with Crippen LogP contribution in [0.4, 0.5) is 0 Å². The highest BCUT2D eigenvalue weighted by atomic mass is 16.5. The van der Waals surface area contributed by atoms with Crippen LogP contribution in [0.2, 0.25) is 0 Å². The number of esters is 1. The van der Waals surface area contributed by atoms with Gasteiger partial charge in [-0.15, -0.1) is 0 Å². The lowest BCUT2D eigenvalue weighted by Crippen LogP contribution is -2.41. The maximum Gasteiger partial charge on any atom is 0.305 e. The zero-order valence-corrected chi connectivity index (χ0v) is 35.7. The summed E-state index contributed by atoms with van der Waals surface area (Å²) in [6.07, 6.45) is 11.0. The van der Waals surface area contributed by atoms with Gasteiger partial charge in [-0.3, -0.25) is 19.3 Å². The molecule has 2 aromatic heterocycles. The van der Waals surface area contributed by atoms with Crippen molar-refractivity contribution in [3.8, 4) is 0 Å². The molecule has 306 valence electrons. The van der Waals surface area contributed by atoms with Crippen LogP contribution in [-0.2, 0) is 14.3 Å². The van der Waals surface area contributed by atoms with Crippen LogP contribution in [0.15, 0.2) is 18.2 Å². The largest absolute Gasteiger partial charge is 0.469 e. The highest BCUT2D eigenvalue weighted by Crippen LogP contribution is 2.45. The van der Waals surface area contributed by atoms with Gasteiger partial charge in [-0.05, 0) is 93.9 Å². The van der Waals surface area contributed by atoms with Crippen LogP contribution in [0.1, 0.15) is 198 Å². The number of fused-ring (bicyclic) bond motifs is 8. The predicted octanol–water partition coefficient (Wildman–Crippen LogP) is 11.0. The molecule has 0 aliphatic carbocycles. The molecular weight excluding hydrogens is 715 g/mol. The van der Waals surface area contributed by atoms with Crippen molar-refractivity contribution < 1.29 is 23.9 Å². The Morgan fingerprint density at radius 3 is 2.18 bits per heavy atom. The van der Waals surface area contributed by atoms with Crippen molar-refractivity contribution in [1.29, 1.82) is 0 Å². The molecule has 1 unspecified atom stereocenters. The molecular formula is C47H63N5O5. The lowest BCUT2D eigenvalue weighted by Gasteiger charge is -2.27. The molecule has 0 saturated carbocycles. The number of hydrogen-bond donors (Lipinski definition) is 2. The Hall–Kier alpha value is -4.57. The Kier molecular flexibility index (Phi) is 13.5. The number of aromatic amines is 2. The van der Waals surface area contributed by atoms with Crippen LogP contribution in [-0.4, -0.2) is 69.0 Å². The first-order chi connectivity index (χ1) is 27.4. The van der Waals surface area contributed by atoms with Gasteiger partial charge in [0.25, 0.3) is 11.8 Å². The van der Waals surface area contributed by atoms with E-state index in [0.29, 0.717) is 41.9 Å². The topological polar surface area (TPSA) is 130 Å². The number of aryl methyl sites for hydroxylation is 1. The number of rotatable bonds is 17. The van der Waals surface area contributed by atoms with Crippen molar-refractivity contribution in [1.82, 2.24) is 24.8 Å². The first kappa shape index (κ1) is 42.0. The van der Waals surface area contributed by atoms with Gasteiger partial charge in [-0.1, -0.05) is 72.6 Å². The fourth-order valence-electron chi connectivity index (χ4n) is 9.05. The molecule has 3 atom stereocenters. The number of amides is 2. The molecule has 0 spiro atoms. The van der Waals surface area contributed by atoms with Gasteiger partial charge in [0.2, 0.25) is 0 Å². The molecule has 2 aromatic rings. The molecule has 2 amide bonds. The number of hydrogen-bond acceptors (Lipinski definition) is 7. The van der Waals surface area contributed by atoms with Gasteiger partial charge >= 0.3 is 5.97 Å². The standard InChI is InChI=1S/C47H63N5O5/c1-10-13-14-15-16-17-18-19-22-52-46(54)42-30(7)37-25-38-32(12-3)27(4)34(48-38)26-39-41(31(8)57-23-11-2)29(6)36(49-39)24-35-28(5)33(20-21-40(53)56-9)44(50-35)43(47(52)55)45(42)51-37/h24-26,28,31,33,50-51H,10-23H2,1-9H3/t28-,31?,33-/m0/s1. The third-order valence-corrected chi connectivity index (χ3v) is 12.5. The van der Waals surface area contributed by atoms with Gasteiger partial charge in [0.05, 0.1) is 52.6 Å². The van der Waals surface area contributed by atoms with Gasteiger partial charge in [0, 0.05) is 53.9 Å². The van der Waals surface area contributed by atoms with E-state index in [1.54, 1.807) is 0 Å². The fourth-order valence-corrected chi connectivity index (χ4v) is 9.05. The van der Waals surface area contributed by atoms with Crippen LogP contribution in [0.5, 0.6) is 0 Å². The predicted molar refractivity (Wildman–Crippen MR) is 228 cm³/mol. The van der Waals surface area contributed by atoms with Crippen molar-refractivity contribution in [3.63, 3.8) is 0 Å². The summed E-state index contributed by atoms with van der Waals surface area (Å²) in [7, 11) is 1.40. The lowest BCUT2D eigenvalue weighted by molar-refractivity contribution is -0.140. The van der Waals surface area contributed by atoms with E-state index in [4.69, 9.17) is 19.4 Å². The maximum atomic E-state index is 14.9. The van der Waals surface area contributed by atoms with Crippen LogP contribution < -0.4 is 0 Å². The summed E-state index contributed by atoms with van der Waals surface area (Å²) in [5.41, 5.74) is 12.2. The normalized spacial score (nSPS) is 17.8. The minimum atomic E-state index is -0.314. The second-order valence-electron chi connectivity index (χ2n) is 16.2. The molecule has 10 nitrogen and oxygen atoms in total. The van der Waals surface area contributed by atoms with Crippen molar-refractivity contribution >= 4 is 51.1 Å². The molecule has 6 heterocycles. The maximum absolute atomic E-state index is 14.9. The highest BCUT2D eigenvalue weighted by Gasteiger charge is 2.40. The van der Waals surface area contributed by atoms with E-state index in [1.807, 2.05) is 13.0 Å². The Labute approximate surface area is 338 Å². The number of unbranched alkanes of at least 4 members (excludes halogenated alkanes) is 7. The van der Waals surface area contributed by atoms with Crippen LogP contribution >= 0.6 is 0 Å². The average molecular weight is 778 g/mol. The van der Waals surface area contributed by atoms with Crippen molar-refractivity contribution in [2.75, 3.05) is 20.3 Å². The monoisotopic (exact) mass is 777 g/mol. The van der Waals surface area contributed by atoms with E-state index >= 15 is 0 Å². The number of allylic oxidation sites excluding steroid dienone is 3. The van der Waals surface area contributed by atoms with E-state index in [0.717, 1.165) is 100 Å². The molecule has 6 rings (SSSR count). The van der Waals surface area contributed by atoms with Crippen molar-refractivity contribution in [2.24, 2.45) is 0 Å². The van der Waals surface area contributed by atoms with Gasteiger partial charge in [0.1, 0.15) is 0 Å². The zero-order chi connectivity index (χ0) is 41.0. The van der Waals surface area contributed by atoms with Gasteiger partial charge in [0.15, 0.2) is 0 Å². The summed E-state index contributed by atoms with van der Waals surface area (Å²) >= 11 is 0. The highest BCUT2D eigenvalue weighted by molar-refractivity contribution is 6.23. The summed E-state index contributed by atoms with van der Waals surface area (Å²) in [4.78, 5) is 61.2. The Morgan fingerprint density at radius 1 is 0.825 bits per heavy atom. The smallest absolute Gasteiger partial charge is 0.305 e. The summed E-state index contributed by atoms with van der Waals surface area (Å²) < 4.78 is 11.4. The number of methoxy groups -OCH3 is 1. The molecule has 0 saturated heterocycles. The molecule has 4 aliphatic heterocycles. The van der Waals surface area contributed by atoms with Crippen molar-refractivity contribution in [2.45, 2.75) is 150 Å². The van der Waals surface area contributed by atoms with E-state index in [-0.39, 0.29) is 42.1 Å². The Morgan fingerprint density at radius 2 is 1.49 bits per heavy atom. The SMILES string of the molecule is CCCCCCCCCCN1C(=O)c2c3[nH]c(cc4nc(cc5nc(cc6[nH]c2c(c6C)C1=O)C(CC)=C5C)C(C(C)OCCC)=C4C)[C@@H](C)[C@@H]3CCC(=O)OC. The lowest BCUT2D eigenvalue weighted by atomic mass is 9.84. The van der Waals surface area contributed by atoms with E-state index in [9.17, 15) is 14.4 Å². The Bertz CT molecular complexity index is 2150. The Balaban J connectivity index is 1.60. The molecule has 10 heteroatoms. The molecule has 57 heavy (non-hydrogen) atoms. The number of nitrogens with one attached hydrogen (secondary N) is 2. The molecule has 2 N–H and O–H groups in total. The third kappa shape index (κ3) is 8.38. The number of H-pyrrole nitrogens is 2. The first-order valence-corrected chi connectivity index (χ1v) is 21.5. The number of imide groups is 1. The summed E-state index contributed by atoms with van der Waals surface area (Å²) in [6, 6.07) is 6.20. The van der Waals surface area contributed by atoms with Crippen LogP contribution in [0, 0.1) is 6.92 Å². The molecule has 0 fully saturated rings. The van der Waals surface area contributed by atoms with E-state index < -0.39 is 0 Å². The minimum absolute atomic E-state index is 0.0982. The number of aromatic nitrogens is 4. The molecule has 4 aliphatic rings. The van der Waals surface area contributed by atoms with Crippen molar-refractivity contribution in [3.05, 3.63) is 69.1 Å². The minimum Gasteiger partial charge on any atom is -0.469 e. The number of ether oxygens (including phenoxy) is 2. The fraction of sp³-hybridized carbons (Fsp3) is 0.553. The molecule has 8 bridgehead atoms. The summed E-state index contributed by atoms with van der Waals surface area (Å²) in [5.74, 6) is -1.22. The second-order valence-corrected chi connectivity index (χ2v) is 16.2. The van der Waals surface area contributed by atoms with Gasteiger partial charge in [-0.2, -0.15) is 0 Å². The van der Waals surface area contributed by atoms with Crippen LogP contribution in [0.3, 0.4) is 0 Å². The van der Waals surface area contributed by atoms with E-state index in [2.05, 4.69) is 70.6 Å². The third-order valence-electron chi connectivity index (χ3n) is 12.5. The average Bonchev–Trinajstić information content (AvgIpc) is 3.88. The van der Waals surface area contributed by atoms with Crippen LogP contribution in [0.25, 0.3) is 33.3 Å². The zero-order valence-electron chi connectivity index (χ0n) is 35.7. The summed E-state index contributed by atoms with van der Waals surface area (Å²) in [6.45, 7) is 17.8. The number of carbonyl (C=O) groups excluding carboxylic acids is 3. The quantitative estimate of drug-likeness (QED) is 0.0929. The first-order valence-electron chi connectivity index (χ1n) is 21.5. The second kappa shape index (κ2) is 18.3. The van der Waals surface area contributed by atoms with E-state index in [1.165, 1.54) is 37.7 Å². The molecule has 0 aromatic carbocycles. The number of carbonyl (C=O) groups is 3. The van der Waals surface area contributed by atoms with Gasteiger partial charge in [-0.25, -0.2) is 9.97 Å². The number of nitrogens with zero attached hydrogens (tertiary/aromatic N) is 3. The molecule has 0 radical (unpaired) electrons.